The smallest absolute Gasteiger partial charge is 0.257 e. The van der Waals surface area contributed by atoms with Crippen LogP contribution in [0, 0.1) is 0 Å². The van der Waals surface area contributed by atoms with Gasteiger partial charge < -0.3 is 0 Å². The van der Waals surface area contributed by atoms with E-state index < -0.39 is 0 Å². The van der Waals surface area contributed by atoms with E-state index in [1.165, 1.54) is 0 Å². The number of hydrogen-bond donors (Lipinski definition) is 1. The summed E-state index contributed by atoms with van der Waals surface area (Å²) in [5, 5.41) is 3.37. The van der Waals surface area contributed by atoms with Crippen molar-refractivity contribution in [2.45, 2.75) is 0 Å². The van der Waals surface area contributed by atoms with Crippen LogP contribution in [0.1, 0.15) is 10.4 Å². The highest BCUT2D eigenvalue weighted by Gasteiger charge is 2.09. The third-order valence-corrected chi connectivity index (χ3v) is 3.02. The van der Waals surface area contributed by atoms with E-state index in [2.05, 4.69) is 10.3 Å². The van der Waals surface area contributed by atoms with Gasteiger partial charge in [-0.2, -0.15) is 0 Å². The molecule has 0 unspecified atom stereocenters. The zero-order chi connectivity index (χ0) is 13.2. The molecule has 4 nitrogen and oxygen atoms in total. The number of anilines is 1. The highest BCUT2D eigenvalue weighted by molar-refractivity contribution is 6.30. The van der Waals surface area contributed by atoms with Crippen molar-refractivity contribution in [3.8, 4) is 0 Å². The first-order valence-corrected chi connectivity index (χ1v) is 6.11. The maximum Gasteiger partial charge on any atom is 0.257 e. The van der Waals surface area contributed by atoms with Gasteiger partial charge in [0.25, 0.3) is 5.91 Å². The number of amides is 1. The molecule has 0 atom stereocenters. The molecular weight excluding hydrogens is 262 g/mol. The van der Waals surface area contributed by atoms with Crippen LogP contribution in [0.4, 0.5) is 5.95 Å². The zero-order valence-electron chi connectivity index (χ0n) is 9.88. The quantitative estimate of drug-likeness (QED) is 0.778. The van der Waals surface area contributed by atoms with Gasteiger partial charge in [-0.3, -0.25) is 14.5 Å². The molecule has 1 N–H and O–H groups in total. The number of nitrogens with zero attached hydrogens (tertiary/aromatic N) is 2. The van der Waals surface area contributed by atoms with E-state index in [-0.39, 0.29) is 5.91 Å². The van der Waals surface area contributed by atoms with Crippen LogP contribution in [0.3, 0.4) is 0 Å². The molecule has 0 aliphatic heterocycles. The minimum Gasteiger partial charge on any atom is -0.292 e. The number of halogens is 1. The molecule has 94 valence electrons. The Morgan fingerprint density at radius 3 is 2.74 bits per heavy atom. The van der Waals surface area contributed by atoms with E-state index in [1.54, 1.807) is 30.5 Å². The summed E-state index contributed by atoms with van der Waals surface area (Å²) in [4.78, 5) is 16.2. The lowest BCUT2D eigenvalue weighted by Crippen LogP contribution is -2.13. The van der Waals surface area contributed by atoms with Gasteiger partial charge >= 0.3 is 0 Å². The van der Waals surface area contributed by atoms with E-state index >= 15 is 0 Å². The fourth-order valence-electron chi connectivity index (χ4n) is 1.81. The van der Waals surface area contributed by atoms with Crippen molar-refractivity contribution >= 4 is 29.0 Å². The molecule has 0 aliphatic carbocycles. The summed E-state index contributed by atoms with van der Waals surface area (Å²) in [5.74, 6) is 0.281. The third-order valence-electron chi connectivity index (χ3n) is 2.77. The number of nitrogens with one attached hydrogen (secondary N) is 1. The Labute approximate surface area is 114 Å². The summed E-state index contributed by atoms with van der Waals surface area (Å²) in [5.41, 5.74) is 1.46. The first kappa shape index (κ1) is 11.7. The van der Waals surface area contributed by atoms with Crippen molar-refractivity contribution in [1.82, 2.24) is 9.38 Å². The molecular formula is C14H10ClN3O. The second-order valence-corrected chi connectivity index (χ2v) is 4.47. The molecule has 0 radical (unpaired) electrons. The van der Waals surface area contributed by atoms with Crippen molar-refractivity contribution in [2.24, 2.45) is 0 Å². The molecule has 5 heteroatoms. The Kier molecular flexibility index (Phi) is 2.93. The fraction of sp³-hybridized carbons (Fsp3) is 0. The van der Waals surface area contributed by atoms with Crippen molar-refractivity contribution in [2.75, 3.05) is 5.32 Å². The van der Waals surface area contributed by atoms with Crippen molar-refractivity contribution in [3.05, 3.63) is 65.4 Å². The van der Waals surface area contributed by atoms with Gasteiger partial charge in [-0.15, -0.1) is 0 Å². The lowest BCUT2D eigenvalue weighted by molar-refractivity contribution is 0.102. The maximum absolute atomic E-state index is 12.1. The Balaban J connectivity index is 1.89. The number of benzene rings is 1. The lowest BCUT2D eigenvalue weighted by Gasteiger charge is -2.04. The average molecular weight is 272 g/mol. The Hall–Kier alpha value is -2.33. The highest BCUT2D eigenvalue weighted by Crippen LogP contribution is 2.13. The van der Waals surface area contributed by atoms with Gasteiger partial charge in [0.1, 0.15) is 0 Å². The number of pyridine rings is 1. The van der Waals surface area contributed by atoms with Gasteiger partial charge in [0.05, 0.1) is 11.7 Å². The van der Waals surface area contributed by atoms with Crippen LogP contribution < -0.4 is 5.32 Å². The third kappa shape index (κ3) is 2.30. The molecule has 0 aliphatic rings. The van der Waals surface area contributed by atoms with Crippen molar-refractivity contribution in [1.29, 1.82) is 0 Å². The number of aromatic nitrogens is 2. The number of rotatable bonds is 2. The minimum atomic E-state index is -0.215. The van der Waals surface area contributed by atoms with E-state index in [0.717, 1.165) is 5.52 Å². The van der Waals surface area contributed by atoms with Crippen LogP contribution in [0.5, 0.6) is 0 Å². The summed E-state index contributed by atoms with van der Waals surface area (Å²) in [7, 11) is 0. The van der Waals surface area contributed by atoms with Crippen molar-refractivity contribution < 1.29 is 4.79 Å². The van der Waals surface area contributed by atoms with Crippen LogP contribution in [0.25, 0.3) is 5.52 Å². The van der Waals surface area contributed by atoms with Crippen LogP contribution in [-0.2, 0) is 0 Å². The number of carbonyl (C=O) groups excluding carboxylic acids is 1. The molecule has 0 spiro atoms. The van der Waals surface area contributed by atoms with Gasteiger partial charge in [0.2, 0.25) is 5.95 Å². The predicted octanol–water partition coefficient (Wildman–Crippen LogP) is 3.24. The summed E-state index contributed by atoms with van der Waals surface area (Å²) in [6, 6.07) is 12.4. The standard InChI is InChI=1S/C14H10ClN3O/c15-11-6-4-10(5-7-11)13(19)17-14-16-9-12-3-1-2-8-18(12)14/h1-9H,(H,16,17,19). The lowest BCUT2D eigenvalue weighted by atomic mass is 10.2. The topological polar surface area (TPSA) is 46.4 Å². The van der Waals surface area contributed by atoms with Crippen LogP contribution in [0.2, 0.25) is 5.02 Å². The minimum absolute atomic E-state index is 0.215. The molecule has 1 amide bonds. The Bertz CT molecular complexity index is 734. The molecule has 0 fully saturated rings. The molecule has 2 heterocycles. The SMILES string of the molecule is O=C(Nc1ncc2ccccn12)c1ccc(Cl)cc1. The van der Waals surface area contributed by atoms with E-state index in [0.29, 0.717) is 16.5 Å². The van der Waals surface area contributed by atoms with Crippen LogP contribution in [0.15, 0.2) is 54.9 Å². The molecule has 0 bridgehead atoms. The monoisotopic (exact) mass is 271 g/mol. The van der Waals surface area contributed by atoms with Gasteiger partial charge in [-0.25, -0.2) is 4.98 Å². The molecule has 2 aromatic heterocycles. The van der Waals surface area contributed by atoms with Crippen molar-refractivity contribution in [3.63, 3.8) is 0 Å². The van der Waals surface area contributed by atoms with Gasteiger partial charge in [0, 0.05) is 16.8 Å². The number of fused-ring (bicyclic) bond motifs is 1. The van der Waals surface area contributed by atoms with Gasteiger partial charge in [-0.1, -0.05) is 17.7 Å². The highest BCUT2D eigenvalue weighted by atomic mass is 35.5. The second kappa shape index (κ2) is 4.74. The number of imidazole rings is 1. The zero-order valence-corrected chi connectivity index (χ0v) is 10.6. The summed E-state index contributed by atoms with van der Waals surface area (Å²) < 4.78 is 1.81. The molecule has 0 saturated heterocycles. The predicted molar refractivity (Wildman–Crippen MR) is 74.6 cm³/mol. The fourth-order valence-corrected chi connectivity index (χ4v) is 1.94. The average Bonchev–Trinajstić information content (AvgIpc) is 2.83. The first-order valence-electron chi connectivity index (χ1n) is 5.73. The van der Waals surface area contributed by atoms with E-state index in [1.807, 2.05) is 28.8 Å². The maximum atomic E-state index is 12.1. The van der Waals surface area contributed by atoms with Crippen LogP contribution >= 0.6 is 11.6 Å². The molecule has 19 heavy (non-hydrogen) atoms. The largest absolute Gasteiger partial charge is 0.292 e. The second-order valence-electron chi connectivity index (χ2n) is 4.04. The van der Waals surface area contributed by atoms with E-state index in [4.69, 9.17) is 11.6 Å². The molecule has 3 rings (SSSR count). The normalized spacial score (nSPS) is 10.6. The Morgan fingerprint density at radius 2 is 1.95 bits per heavy atom. The summed E-state index contributed by atoms with van der Waals surface area (Å²) in [6.45, 7) is 0. The van der Waals surface area contributed by atoms with Gasteiger partial charge in [-0.05, 0) is 36.4 Å². The molecule has 0 saturated carbocycles. The Morgan fingerprint density at radius 1 is 1.16 bits per heavy atom. The van der Waals surface area contributed by atoms with Gasteiger partial charge in [0.15, 0.2) is 0 Å². The van der Waals surface area contributed by atoms with E-state index in [9.17, 15) is 4.79 Å². The number of carbonyl (C=O) groups is 1. The summed E-state index contributed by atoms with van der Waals surface area (Å²) >= 11 is 5.79. The molecule has 3 aromatic rings. The number of hydrogen-bond acceptors (Lipinski definition) is 2. The van der Waals surface area contributed by atoms with Crippen LogP contribution in [-0.4, -0.2) is 15.3 Å². The molecule has 1 aromatic carbocycles. The first-order chi connectivity index (χ1) is 9.24. The summed E-state index contributed by atoms with van der Waals surface area (Å²) in [6.07, 6.45) is 3.55.